The molecule has 1 aliphatic heterocycles. The molecular weight excluding hydrogens is 416 g/mol. The van der Waals surface area contributed by atoms with Crippen LogP contribution in [0.4, 0.5) is 0 Å². The number of aromatic nitrogens is 1. The lowest BCUT2D eigenvalue weighted by atomic mass is 9.86. The van der Waals surface area contributed by atoms with E-state index in [1.165, 1.54) is 46.4 Å². The van der Waals surface area contributed by atoms with E-state index in [4.69, 9.17) is 4.98 Å². The Morgan fingerprint density at radius 3 is 2.00 bits per heavy atom. The van der Waals surface area contributed by atoms with Crippen molar-refractivity contribution in [1.82, 2.24) is 9.88 Å². The standard InChI is InChI=1S/C31H40N2O/c1-21(2)30-27(19-33-17-15-25(16-18-33)24-9-7-6-8-10-24)29(26-13-11-23(5)12-14-26)28(20-34)31(32-30)22(3)4/h6-14,21-22,25,34H,15-20H2,1-5H3. The van der Waals surface area contributed by atoms with E-state index in [0.29, 0.717) is 11.8 Å². The quantitative estimate of drug-likeness (QED) is 0.409. The summed E-state index contributed by atoms with van der Waals surface area (Å²) in [7, 11) is 0. The SMILES string of the molecule is Cc1ccc(-c2c(CO)c(C(C)C)nc(C(C)C)c2CN2CCC(c3ccccc3)CC2)cc1. The fourth-order valence-corrected chi connectivity index (χ4v) is 5.42. The molecule has 1 saturated heterocycles. The van der Waals surface area contributed by atoms with Gasteiger partial charge in [-0.05, 0) is 72.9 Å². The number of piperidine rings is 1. The van der Waals surface area contributed by atoms with E-state index >= 15 is 0 Å². The molecule has 2 aromatic carbocycles. The Labute approximate surface area is 205 Å². The van der Waals surface area contributed by atoms with Crippen LogP contribution in [0.15, 0.2) is 54.6 Å². The summed E-state index contributed by atoms with van der Waals surface area (Å²) < 4.78 is 0. The maximum Gasteiger partial charge on any atom is 0.0705 e. The number of pyridine rings is 1. The third-order valence-electron chi connectivity index (χ3n) is 7.30. The van der Waals surface area contributed by atoms with Crippen molar-refractivity contribution < 1.29 is 5.11 Å². The lowest BCUT2D eigenvalue weighted by Crippen LogP contribution is -2.33. The molecule has 34 heavy (non-hydrogen) atoms. The van der Waals surface area contributed by atoms with Crippen molar-refractivity contribution in [2.75, 3.05) is 13.1 Å². The summed E-state index contributed by atoms with van der Waals surface area (Å²) >= 11 is 0. The van der Waals surface area contributed by atoms with E-state index < -0.39 is 0 Å². The Morgan fingerprint density at radius 2 is 1.44 bits per heavy atom. The zero-order chi connectivity index (χ0) is 24.2. The Bertz CT molecular complexity index is 1080. The van der Waals surface area contributed by atoms with Crippen molar-refractivity contribution >= 4 is 0 Å². The summed E-state index contributed by atoms with van der Waals surface area (Å²) in [4.78, 5) is 7.78. The zero-order valence-electron chi connectivity index (χ0n) is 21.5. The summed E-state index contributed by atoms with van der Waals surface area (Å²) in [6.45, 7) is 14.1. The van der Waals surface area contributed by atoms with Gasteiger partial charge in [0.25, 0.3) is 0 Å². The van der Waals surface area contributed by atoms with Gasteiger partial charge in [0.15, 0.2) is 0 Å². The lowest BCUT2D eigenvalue weighted by molar-refractivity contribution is 0.203. The number of rotatable bonds is 7. The maximum atomic E-state index is 10.5. The van der Waals surface area contributed by atoms with E-state index in [9.17, 15) is 5.11 Å². The lowest BCUT2D eigenvalue weighted by Gasteiger charge is -2.34. The molecule has 3 nitrogen and oxygen atoms in total. The highest BCUT2D eigenvalue weighted by molar-refractivity contribution is 5.73. The molecule has 3 aromatic rings. The van der Waals surface area contributed by atoms with Gasteiger partial charge in [-0.2, -0.15) is 0 Å². The molecule has 0 spiro atoms. The van der Waals surface area contributed by atoms with Crippen molar-refractivity contribution in [3.8, 4) is 11.1 Å². The number of likely N-dealkylation sites (tertiary alicyclic amines) is 1. The van der Waals surface area contributed by atoms with E-state index in [0.717, 1.165) is 30.9 Å². The van der Waals surface area contributed by atoms with Gasteiger partial charge < -0.3 is 5.11 Å². The molecule has 3 heteroatoms. The molecule has 1 fully saturated rings. The minimum atomic E-state index is 0.0190. The Kier molecular flexibility index (Phi) is 7.85. The van der Waals surface area contributed by atoms with Crippen molar-refractivity contribution in [2.45, 2.75) is 78.4 Å². The smallest absolute Gasteiger partial charge is 0.0705 e. The van der Waals surface area contributed by atoms with Gasteiger partial charge in [0.05, 0.1) is 6.61 Å². The Hall–Kier alpha value is -2.49. The third-order valence-corrected chi connectivity index (χ3v) is 7.30. The van der Waals surface area contributed by atoms with Crippen molar-refractivity contribution in [3.63, 3.8) is 0 Å². The van der Waals surface area contributed by atoms with Crippen LogP contribution in [0.2, 0.25) is 0 Å². The molecule has 0 radical (unpaired) electrons. The number of nitrogens with zero attached hydrogens (tertiary/aromatic N) is 2. The van der Waals surface area contributed by atoms with Crippen LogP contribution in [0.3, 0.4) is 0 Å². The summed E-state index contributed by atoms with van der Waals surface area (Å²) in [6, 6.07) is 19.7. The molecule has 0 bridgehead atoms. The van der Waals surface area contributed by atoms with Gasteiger partial charge in [0, 0.05) is 23.5 Å². The first kappa shape index (κ1) is 24.6. The molecule has 4 rings (SSSR count). The summed E-state index contributed by atoms with van der Waals surface area (Å²) in [5.41, 5.74) is 9.62. The number of aliphatic hydroxyl groups is 1. The Balaban J connectivity index is 1.73. The first-order valence-corrected chi connectivity index (χ1v) is 12.9. The molecule has 0 amide bonds. The van der Waals surface area contributed by atoms with Crippen molar-refractivity contribution in [2.24, 2.45) is 0 Å². The fourth-order valence-electron chi connectivity index (χ4n) is 5.42. The van der Waals surface area contributed by atoms with Crippen LogP contribution in [0.5, 0.6) is 0 Å². The molecule has 0 aliphatic carbocycles. The molecule has 1 N–H and O–H groups in total. The molecule has 1 aliphatic rings. The van der Waals surface area contributed by atoms with Gasteiger partial charge in [-0.25, -0.2) is 0 Å². The molecule has 1 aromatic heterocycles. The van der Waals surface area contributed by atoms with E-state index in [-0.39, 0.29) is 12.5 Å². The topological polar surface area (TPSA) is 36.4 Å². The molecule has 0 atom stereocenters. The zero-order valence-corrected chi connectivity index (χ0v) is 21.5. The summed E-state index contributed by atoms with van der Waals surface area (Å²) in [5.74, 6) is 1.24. The highest BCUT2D eigenvalue weighted by Crippen LogP contribution is 2.38. The highest BCUT2D eigenvalue weighted by Gasteiger charge is 2.27. The second-order valence-corrected chi connectivity index (χ2v) is 10.5. The monoisotopic (exact) mass is 456 g/mol. The second-order valence-electron chi connectivity index (χ2n) is 10.5. The second kappa shape index (κ2) is 10.8. The highest BCUT2D eigenvalue weighted by atomic mass is 16.3. The first-order chi connectivity index (χ1) is 16.4. The van der Waals surface area contributed by atoms with E-state index in [1.54, 1.807) is 0 Å². The molecule has 0 unspecified atom stereocenters. The van der Waals surface area contributed by atoms with Crippen LogP contribution < -0.4 is 0 Å². The molecular formula is C31H40N2O. The third kappa shape index (κ3) is 5.26. The van der Waals surface area contributed by atoms with Crippen LogP contribution in [-0.4, -0.2) is 28.1 Å². The minimum Gasteiger partial charge on any atom is -0.392 e. The van der Waals surface area contributed by atoms with Crippen LogP contribution >= 0.6 is 0 Å². The van der Waals surface area contributed by atoms with E-state index in [1.807, 2.05) is 0 Å². The molecule has 0 saturated carbocycles. The average Bonchev–Trinajstić information content (AvgIpc) is 2.85. The van der Waals surface area contributed by atoms with Crippen molar-refractivity contribution in [3.05, 3.63) is 88.2 Å². The van der Waals surface area contributed by atoms with Crippen LogP contribution in [-0.2, 0) is 13.2 Å². The van der Waals surface area contributed by atoms with E-state index in [2.05, 4.69) is 94.1 Å². The molecule has 180 valence electrons. The van der Waals surface area contributed by atoms with Crippen LogP contribution in [0.1, 0.15) is 91.9 Å². The minimum absolute atomic E-state index is 0.0190. The fraction of sp³-hybridized carbons (Fsp3) is 0.452. The summed E-state index contributed by atoms with van der Waals surface area (Å²) in [6.07, 6.45) is 2.37. The van der Waals surface area contributed by atoms with Gasteiger partial charge in [0.1, 0.15) is 0 Å². The number of hydrogen-bond acceptors (Lipinski definition) is 3. The number of aliphatic hydroxyl groups excluding tert-OH is 1. The predicted octanol–water partition coefficient (Wildman–Crippen LogP) is 7.18. The predicted molar refractivity (Wildman–Crippen MR) is 142 cm³/mol. The Morgan fingerprint density at radius 1 is 0.853 bits per heavy atom. The average molecular weight is 457 g/mol. The maximum absolute atomic E-state index is 10.5. The largest absolute Gasteiger partial charge is 0.392 e. The first-order valence-electron chi connectivity index (χ1n) is 12.9. The van der Waals surface area contributed by atoms with Gasteiger partial charge in [-0.3, -0.25) is 9.88 Å². The van der Waals surface area contributed by atoms with Crippen LogP contribution in [0.25, 0.3) is 11.1 Å². The molecule has 2 heterocycles. The van der Waals surface area contributed by atoms with Crippen LogP contribution in [0, 0.1) is 6.92 Å². The number of hydrogen-bond donors (Lipinski definition) is 1. The van der Waals surface area contributed by atoms with Gasteiger partial charge in [-0.1, -0.05) is 87.9 Å². The normalized spacial score (nSPS) is 15.4. The number of aryl methyl sites for hydroxylation is 1. The van der Waals surface area contributed by atoms with Gasteiger partial charge in [-0.15, -0.1) is 0 Å². The van der Waals surface area contributed by atoms with Gasteiger partial charge >= 0.3 is 0 Å². The summed E-state index contributed by atoms with van der Waals surface area (Å²) in [5, 5.41) is 10.5. The number of benzene rings is 2. The van der Waals surface area contributed by atoms with Gasteiger partial charge in [0.2, 0.25) is 0 Å². The van der Waals surface area contributed by atoms with Crippen molar-refractivity contribution in [1.29, 1.82) is 0 Å².